The summed E-state index contributed by atoms with van der Waals surface area (Å²) in [4.78, 5) is 24.4. The molecule has 0 heterocycles. The van der Waals surface area contributed by atoms with Gasteiger partial charge < -0.3 is 20.7 Å². The Balaban J connectivity index is 1.50. The van der Waals surface area contributed by atoms with E-state index in [0.717, 1.165) is 12.0 Å². The first kappa shape index (κ1) is 21.9. The summed E-state index contributed by atoms with van der Waals surface area (Å²) in [6, 6.07) is 24.3. The number of rotatable bonds is 10. The van der Waals surface area contributed by atoms with Crippen molar-refractivity contribution < 1.29 is 14.3 Å². The summed E-state index contributed by atoms with van der Waals surface area (Å²) in [7, 11) is 0. The maximum Gasteiger partial charge on any atom is 0.251 e. The Morgan fingerprint density at radius 2 is 1.65 bits per heavy atom. The molecule has 0 atom stereocenters. The Morgan fingerprint density at radius 1 is 0.871 bits per heavy atom. The van der Waals surface area contributed by atoms with Crippen molar-refractivity contribution >= 4 is 23.2 Å². The van der Waals surface area contributed by atoms with Crippen molar-refractivity contribution in [3.8, 4) is 5.75 Å². The van der Waals surface area contributed by atoms with Crippen molar-refractivity contribution in [2.24, 2.45) is 0 Å². The maximum absolute atomic E-state index is 12.3. The predicted molar refractivity (Wildman–Crippen MR) is 123 cm³/mol. The molecule has 3 rings (SSSR count). The number of benzene rings is 3. The van der Waals surface area contributed by atoms with E-state index in [2.05, 4.69) is 16.0 Å². The second-order valence-electron chi connectivity index (χ2n) is 7.04. The monoisotopic (exact) mass is 417 g/mol. The minimum atomic E-state index is -0.193. The number of anilines is 2. The third-order valence-corrected chi connectivity index (χ3v) is 4.48. The molecule has 3 N–H and O–H groups in total. The zero-order valence-corrected chi connectivity index (χ0v) is 17.6. The molecule has 0 fully saturated rings. The van der Waals surface area contributed by atoms with Gasteiger partial charge in [0, 0.05) is 29.5 Å². The van der Waals surface area contributed by atoms with Gasteiger partial charge in [-0.1, -0.05) is 49.4 Å². The van der Waals surface area contributed by atoms with Crippen molar-refractivity contribution in [2.45, 2.75) is 20.0 Å². The lowest BCUT2D eigenvalue weighted by Gasteiger charge is -2.11. The van der Waals surface area contributed by atoms with Crippen LogP contribution in [0.1, 0.15) is 29.3 Å². The van der Waals surface area contributed by atoms with Crippen LogP contribution < -0.4 is 20.7 Å². The fraction of sp³-hybridized carbons (Fsp3) is 0.200. The molecule has 2 amide bonds. The van der Waals surface area contributed by atoms with Gasteiger partial charge in [0.15, 0.2) is 0 Å². The fourth-order valence-corrected chi connectivity index (χ4v) is 2.90. The van der Waals surface area contributed by atoms with Crippen LogP contribution in [0.15, 0.2) is 78.9 Å². The van der Waals surface area contributed by atoms with E-state index in [-0.39, 0.29) is 18.4 Å². The molecule has 0 aliphatic carbocycles. The van der Waals surface area contributed by atoms with Gasteiger partial charge in [-0.15, -0.1) is 0 Å². The fourth-order valence-electron chi connectivity index (χ4n) is 2.90. The second-order valence-corrected chi connectivity index (χ2v) is 7.04. The second kappa shape index (κ2) is 11.4. The standard InChI is InChI=1S/C25H27N3O3/c1-2-14-26-25(30)20-10-6-11-21(15-20)27-17-24(29)28-22-12-7-13-23(16-22)31-18-19-8-4-3-5-9-19/h3-13,15-16,27H,2,14,17-18H2,1H3,(H,26,30)(H,28,29). The minimum absolute atomic E-state index is 0.0785. The van der Waals surface area contributed by atoms with Crippen molar-refractivity contribution in [2.75, 3.05) is 23.7 Å². The van der Waals surface area contributed by atoms with Gasteiger partial charge in [0.05, 0.1) is 6.54 Å². The number of carbonyl (C=O) groups excluding carboxylic acids is 2. The molecule has 3 aromatic carbocycles. The van der Waals surface area contributed by atoms with Gasteiger partial charge in [-0.3, -0.25) is 9.59 Å². The number of hydrogen-bond donors (Lipinski definition) is 3. The Hall–Kier alpha value is -3.80. The van der Waals surface area contributed by atoms with Crippen LogP contribution in [0.2, 0.25) is 0 Å². The molecule has 31 heavy (non-hydrogen) atoms. The molecule has 0 aromatic heterocycles. The van der Waals surface area contributed by atoms with Gasteiger partial charge >= 0.3 is 0 Å². The summed E-state index contributed by atoms with van der Waals surface area (Å²) < 4.78 is 5.80. The molecule has 3 aromatic rings. The summed E-state index contributed by atoms with van der Waals surface area (Å²) in [6.07, 6.45) is 0.877. The van der Waals surface area contributed by atoms with Crippen molar-refractivity contribution in [3.63, 3.8) is 0 Å². The third-order valence-electron chi connectivity index (χ3n) is 4.48. The number of nitrogens with one attached hydrogen (secondary N) is 3. The summed E-state index contributed by atoms with van der Waals surface area (Å²) in [5.41, 5.74) is 3.00. The summed E-state index contributed by atoms with van der Waals surface area (Å²) in [5, 5.41) is 8.75. The molecule has 0 bridgehead atoms. The van der Waals surface area contributed by atoms with Crippen LogP contribution >= 0.6 is 0 Å². The molecule has 0 radical (unpaired) electrons. The highest BCUT2D eigenvalue weighted by Crippen LogP contribution is 2.19. The topological polar surface area (TPSA) is 79.5 Å². The highest BCUT2D eigenvalue weighted by Gasteiger charge is 2.07. The van der Waals surface area contributed by atoms with E-state index in [1.807, 2.05) is 61.5 Å². The predicted octanol–water partition coefficient (Wildman–Crippen LogP) is 4.46. The Kier molecular flexibility index (Phi) is 8.05. The molecule has 0 aliphatic rings. The lowest BCUT2D eigenvalue weighted by Crippen LogP contribution is -2.24. The van der Waals surface area contributed by atoms with Gasteiger partial charge in [0.1, 0.15) is 12.4 Å². The first-order valence-corrected chi connectivity index (χ1v) is 10.3. The van der Waals surface area contributed by atoms with Gasteiger partial charge in [-0.2, -0.15) is 0 Å². The van der Waals surface area contributed by atoms with E-state index >= 15 is 0 Å². The normalized spacial score (nSPS) is 10.2. The van der Waals surface area contributed by atoms with E-state index in [1.165, 1.54) is 0 Å². The smallest absolute Gasteiger partial charge is 0.251 e. The van der Waals surface area contributed by atoms with E-state index in [4.69, 9.17) is 4.74 Å². The summed E-state index contributed by atoms with van der Waals surface area (Å²) in [5.74, 6) is 0.365. The van der Waals surface area contributed by atoms with Gasteiger partial charge in [0.25, 0.3) is 5.91 Å². The zero-order valence-electron chi connectivity index (χ0n) is 17.6. The molecule has 6 heteroatoms. The molecule has 0 spiro atoms. The number of ether oxygens (including phenoxy) is 1. The highest BCUT2D eigenvalue weighted by atomic mass is 16.5. The van der Waals surface area contributed by atoms with Crippen LogP contribution in [-0.2, 0) is 11.4 Å². The Bertz CT molecular complexity index is 1010. The van der Waals surface area contributed by atoms with Crippen LogP contribution in [-0.4, -0.2) is 24.9 Å². The first-order valence-electron chi connectivity index (χ1n) is 10.3. The summed E-state index contributed by atoms with van der Waals surface area (Å²) in [6.45, 7) is 3.17. The van der Waals surface area contributed by atoms with Crippen molar-refractivity contribution in [1.29, 1.82) is 0 Å². The van der Waals surface area contributed by atoms with E-state index in [9.17, 15) is 9.59 Å². The molecule has 0 saturated heterocycles. The number of hydrogen-bond acceptors (Lipinski definition) is 4. The van der Waals surface area contributed by atoms with E-state index < -0.39 is 0 Å². The zero-order chi connectivity index (χ0) is 21.9. The number of amides is 2. The molecule has 0 saturated carbocycles. The largest absolute Gasteiger partial charge is 0.489 e. The average Bonchev–Trinajstić information content (AvgIpc) is 2.81. The van der Waals surface area contributed by atoms with Crippen LogP contribution in [0.5, 0.6) is 5.75 Å². The van der Waals surface area contributed by atoms with E-state index in [0.29, 0.717) is 35.8 Å². The van der Waals surface area contributed by atoms with Gasteiger partial charge in [0.2, 0.25) is 5.91 Å². The van der Waals surface area contributed by atoms with Crippen molar-refractivity contribution in [3.05, 3.63) is 90.0 Å². The van der Waals surface area contributed by atoms with Crippen LogP contribution in [0, 0.1) is 0 Å². The van der Waals surface area contributed by atoms with Gasteiger partial charge in [-0.05, 0) is 42.3 Å². The molecule has 0 aliphatic heterocycles. The molecule has 6 nitrogen and oxygen atoms in total. The molecular formula is C25H27N3O3. The van der Waals surface area contributed by atoms with Gasteiger partial charge in [-0.25, -0.2) is 0 Å². The molecular weight excluding hydrogens is 390 g/mol. The lowest BCUT2D eigenvalue weighted by molar-refractivity contribution is -0.114. The quantitative estimate of drug-likeness (QED) is 0.455. The lowest BCUT2D eigenvalue weighted by atomic mass is 10.2. The summed E-state index contributed by atoms with van der Waals surface area (Å²) >= 11 is 0. The SMILES string of the molecule is CCCNC(=O)c1cccc(NCC(=O)Nc2cccc(OCc3ccccc3)c2)c1. The molecule has 160 valence electrons. The average molecular weight is 418 g/mol. The van der Waals surface area contributed by atoms with Crippen LogP contribution in [0.25, 0.3) is 0 Å². The number of carbonyl (C=O) groups is 2. The van der Waals surface area contributed by atoms with Crippen LogP contribution in [0.3, 0.4) is 0 Å². The first-order chi connectivity index (χ1) is 15.1. The van der Waals surface area contributed by atoms with Crippen LogP contribution in [0.4, 0.5) is 11.4 Å². The highest BCUT2D eigenvalue weighted by molar-refractivity contribution is 5.96. The molecule has 0 unspecified atom stereocenters. The maximum atomic E-state index is 12.3. The Labute approximate surface area is 182 Å². The van der Waals surface area contributed by atoms with Crippen molar-refractivity contribution in [1.82, 2.24) is 5.32 Å². The van der Waals surface area contributed by atoms with E-state index in [1.54, 1.807) is 24.3 Å². The Morgan fingerprint density at radius 3 is 2.45 bits per heavy atom. The minimum Gasteiger partial charge on any atom is -0.489 e. The third kappa shape index (κ3) is 7.19.